The second-order valence-corrected chi connectivity index (χ2v) is 9.75. The molecule has 0 aliphatic carbocycles. The summed E-state index contributed by atoms with van der Waals surface area (Å²) in [7, 11) is -3.03. The number of benzene rings is 1. The fraction of sp³-hybridized carbons (Fsp3) is 0.500. The number of aliphatic imine (C=N–C) groups is 1. The SMILES string of the molecule is Cc1ccc(N2C(=NC(=O)C(C)C)S[C@H]3CS(=O)(=O)C[C@@H]32)cc1. The Kier molecular flexibility index (Phi) is 4.27. The Morgan fingerprint density at radius 3 is 2.52 bits per heavy atom. The Bertz CT molecular complexity index is 754. The quantitative estimate of drug-likeness (QED) is 0.817. The van der Waals surface area contributed by atoms with Crippen molar-refractivity contribution in [1.29, 1.82) is 0 Å². The van der Waals surface area contributed by atoms with Crippen molar-refractivity contribution in [2.75, 3.05) is 16.4 Å². The molecule has 7 heteroatoms. The summed E-state index contributed by atoms with van der Waals surface area (Å²) in [6, 6.07) is 7.74. The van der Waals surface area contributed by atoms with Crippen LogP contribution in [0, 0.1) is 12.8 Å². The van der Waals surface area contributed by atoms with Gasteiger partial charge in [-0.1, -0.05) is 43.3 Å². The molecule has 0 aromatic heterocycles. The molecule has 0 unspecified atom stereocenters. The van der Waals surface area contributed by atoms with Crippen LogP contribution in [0.3, 0.4) is 0 Å². The smallest absolute Gasteiger partial charge is 0.250 e. The zero-order chi connectivity index (χ0) is 16.8. The molecule has 2 aliphatic rings. The first kappa shape index (κ1) is 16.5. The molecule has 2 aliphatic heterocycles. The molecule has 5 nitrogen and oxygen atoms in total. The van der Waals surface area contributed by atoms with Crippen LogP contribution in [-0.2, 0) is 14.6 Å². The standard InChI is InChI=1S/C16H20N2O3S2/c1-10(2)15(19)17-16-18(12-6-4-11(3)5-7-12)13-8-23(20,21)9-14(13)22-16/h4-7,10,13-14H,8-9H2,1-3H3/t13-,14-/m0/s1. The van der Waals surface area contributed by atoms with Gasteiger partial charge < -0.3 is 4.90 Å². The molecule has 124 valence electrons. The number of carbonyl (C=O) groups excluding carboxylic acids is 1. The molecule has 0 bridgehead atoms. The van der Waals surface area contributed by atoms with Gasteiger partial charge in [-0.05, 0) is 19.1 Å². The highest BCUT2D eigenvalue weighted by Crippen LogP contribution is 2.41. The van der Waals surface area contributed by atoms with Crippen LogP contribution in [0.2, 0.25) is 0 Å². The highest BCUT2D eigenvalue weighted by Gasteiger charge is 2.49. The van der Waals surface area contributed by atoms with Gasteiger partial charge in [-0.3, -0.25) is 4.79 Å². The number of sulfone groups is 1. The van der Waals surface area contributed by atoms with Gasteiger partial charge >= 0.3 is 0 Å². The van der Waals surface area contributed by atoms with Gasteiger partial charge in [0.15, 0.2) is 15.0 Å². The third kappa shape index (κ3) is 3.30. The van der Waals surface area contributed by atoms with E-state index in [2.05, 4.69) is 4.99 Å². The molecule has 1 amide bonds. The molecular formula is C16H20N2O3S2. The number of aryl methyl sites for hydroxylation is 1. The summed E-state index contributed by atoms with van der Waals surface area (Å²) in [5, 5.41) is 0.567. The lowest BCUT2D eigenvalue weighted by Crippen LogP contribution is -2.37. The minimum Gasteiger partial charge on any atom is -0.316 e. The Balaban J connectivity index is 2.00. The Morgan fingerprint density at radius 1 is 1.26 bits per heavy atom. The molecule has 1 aromatic carbocycles. The number of nitrogens with zero attached hydrogens (tertiary/aromatic N) is 2. The highest BCUT2D eigenvalue weighted by molar-refractivity contribution is 8.16. The molecule has 2 fully saturated rings. The second-order valence-electron chi connectivity index (χ2n) is 6.39. The van der Waals surface area contributed by atoms with E-state index in [1.54, 1.807) is 0 Å². The predicted molar refractivity (Wildman–Crippen MR) is 94.8 cm³/mol. The summed E-state index contributed by atoms with van der Waals surface area (Å²) < 4.78 is 23.9. The average molecular weight is 352 g/mol. The van der Waals surface area contributed by atoms with E-state index in [1.165, 1.54) is 11.8 Å². The van der Waals surface area contributed by atoms with Gasteiger partial charge in [0.25, 0.3) is 5.91 Å². The maximum Gasteiger partial charge on any atom is 0.250 e. The number of thioether (sulfide) groups is 1. The number of hydrogen-bond acceptors (Lipinski definition) is 4. The van der Waals surface area contributed by atoms with Crippen molar-refractivity contribution in [2.45, 2.75) is 32.1 Å². The van der Waals surface area contributed by atoms with Gasteiger partial charge in [-0.2, -0.15) is 4.99 Å². The lowest BCUT2D eigenvalue weighted by atomic mass is 10.1. The second kappa shape index (κ2) is 5.94. The Hall–Kier alpha value is -1.34. The summed E-state index contributed by atoms with van der Waals surface area (Å²) >= 11 is 1.41. The highest BCUT2D eigenvalue weighted by atomic mass is 32.2. The summed E-state index contributed by atoms with van der Waals surface area (Å²) in [6.45, 7) is 5.63. The minimum atomic E-state index is -3.03. The van der Waals surface area contributed by atoms with Crippen LogP contribution in [-0.4, -0.2) is 42.3 Å². The van der Waals surface area contributed by atoms with E-state index >= 15 is 0 Å². The van der Waals surface area contributed by atoms with Crippen LogP contribution in [0.1, 0.15) is 19.4 Å². The lowest BCUT2D eigenvalue weighted by molar-refractivity contribution is -0.120. The molecule has 0 saturated carbocycles. The molecule has 0 spiro atoms. The molecule has 1 aromatic rings. The summed E-state index contributed by atoms with van der Waals surface area (Å²) in [5.74, 6) is -0.0768. The van der Waals surface area contributed by atoms with E-state index in [-0.39, 0.29) is 34.6 Å². The zero-order valence-corrected chi connectivity index (χ0v) is 15.0. The number of carbonyl (C=O) groups is 1. The third-order valence-corrected chi connectivity index (χ3v) is 7.29. The van der Waals surface area contributed by atoms with Crippen molar-refractivity contribution in [2.24, 2.45) is 10.9 Å². The van der Waals surface area contributed by atoms with Gasteiger partial charge in [0, 0.05) is 16.9 Å². The van der Waals surface area contributed by atoms with Crippen molar-refractivity contribution in [3.05, 3.63) is 29.8 Å². The zero-order valence-electron chi connectivity index (χ0n) is 13.4. The number of hydrogen-bond donors (Lipinski definition) is 0. The van der Waals surface area contributed by atoms with E-state index in [0.29, 0.717) is 5.17 Å². The molecule has 3 rings (SSSR count). The molecule has 2 heterocycles. The van der Waals surface area contributed by atoms with E-state index < -0.39 is 9.84 Å². The molecular weight excluding hydrogens is 332 g/mol. The summed E-state index contributed by atoms with van der Waals surface area (Å²) in [4.78, 5) is 18.2. The van der Waals surface area contributed by atoms with Crippen LogP contribution in [0.4, 0.5) is 5.69 Å². The Morgan fingerprint density at radius 2 is 1.91 bits per heavy atom. The normalized spacial score (nSPS) is 27.7. The van der Waals surface area contributed by atoms with Crippen molar-refractivity contribution in [3.8, 4) is 0 Å². The fourth-order valence-corrected chi connectivity index (χ4v) is 6.71. The van der Waals surface area contributed by atoms with Crippen LogP contribution < -0.4 is 4.90 Å². The van der Waals surface area contributed by atoms with Crippen LogP contribution in [0.25, 0.3) is 0 Å². The molecule has 2 atom stereocenters. The molecule has 2 saturated heterocycles. The van der Waals surface area contributed by atoms with Crippen molar-refractivity contribution >= 4 is 38.4 Å². The van der Waals surface area contributed by atoms with E-state index in [1.807, 2.05) is 49.9 Å². The first-order valence-electron chi connectivity index (χ1n) is 7.62. The fourth-order valence-electron chi connectivity index (χ4n) is 2.80. The number of anilines is 1. The van der Waals surface area contributed by atoms with Crippen molar-refractivity contribution in [1.82, 2.24) is 0 Å². The van der Waals surface area contributed by atoms with Gasteiger partial charge in [-0.15, -0.1) is 0 Å². The summed E-state index contributed by atoms with van der Waals surface area (Å²) in [6.07, 6.45) is 0. The van der Waals surface area contributed by atoms with E-state index in [4.69, 9.17) is 0 Å². The largest absolute Gasteiger partial charge is 0.316 e. The maximum atomic E-state index is 12.0. The van der Waals surface area contributed by atoms with Gasteiger partial charge in [-0.25, -0.2) is 8.42 Å². The Labute approximate surface area is 141 Å². The molecule has 0 N–H and O–H groups in total. The predicted octanol–water partition coefficient (Wildman–Crippen LogP) is 2.25. The van der Waals surface area contributed by atoms with Crippen LogP contribution in [0.15, 0.2) is 29.3 Å². The minimum absolute atomic E-state index is 0.0555. The maximum absolute atomic E-state index is 12.0. The first-order chi connectivity index (χ1) is 10.8. The number of rotatable bonds is 2. The first-order valence-corrected chi connectivity index (χ1v) is 10.3. The van der Waals surface area contributed by atoms with Crippen LogP contribution in [0.5, 0.6) is 0 Å². The summed E-state index contributed by atoms with van der Waals surface area (Å²) in [5.41, 5.74) is 2.02. The molecule has 23 heavy (non-hydrogen) atoms. The topological polar surface area (TPSA) is 66.8 Å². The third-order valence-electron chi connectivity index (χ3n) is 4.08. The van der Waals surface area contributed by atoms with Crippen LogP contribution >= 0.6 is 11.8 Å². The van der Waals surface area contributed by atoms with E-state index in [9.17, 15) is 13.2 Å². The monoisotopic (exact) mass is 352 g/mol. The molecule has 0 radical (unpaired) electrons. The number of amides is 1. The number of amidine groups is 1. The van der Waals surface area contributed by atoms with Gasteiger partial charge in [0.1, 0.15) is 0 Å². The number of fused-ring (bicyclic) bond motifs is 1. The average Bonchev–Trinajstić information content (AvgIpc) is 2.91. The van der Waals surface area contributed by atoms with E-state index in [0.717, 1.165) is 11.3 Å². The van der Waals surface area contributed by atoms with Crippen molar-refractivity contribution < 1.29 is 13.2 Å². The van der Waals surface area contributed by atoms with Gasteiger partial charge in [0.05, 0.1) is 17.5 Å². The lowest BCUT2D eigenvalue weighted by Gasteiger charge is -2.24. The van der Waals surface area contributed by atoms with Crippen molar-refractivity contribution in [3.63, 3.8) is 0 Å². The van der Waals surface area contributed by atoms with Gasteiger partial charge in [0.2, 0.25) is 0 Å².